The van der Waals surface area contributed by atoms with E-state index in [0.717, 1.165) is 16.9 Å². The molecule has 0 heterocycles. The number of rotatable bonds is 4. The van der Waals surface area contributed by atoms with Gasteiger partial charge in [0.25, 0.3) is 5.83 Å². The van der Waals surface area contributed by atoms with Crippen molar-refractivity contribution in [2.24, 2.45) is 5.73 Å². The van der Waals surface area contributed by atoms with Gasteiger partial charge in [0.15, 0.2) is 0 Å². The van der Waals surface area contributed by atoms with E-state index in [1.807, 2.05) is 24.3 Å². The molecule has 2 nitrogen and oxygen atoms in total. The van der Waals surface area contributed by atoms with Crippen LogP contribution in [-0.2, 0) is 6.54 Å². The van der Waals surface area contributed by atoms with E-state index in [0.29, 0.717) is 13.2 Å². The number of ether oxygens (including phenoxy) is 1. The van der Waals surface area contributed by atoms with Crippen molar-refractivity contribution >= 4 is 0 Å². The van der Waals surface area contributed by atoms with Crippen LogP contribution >= 0.6 is 0 Å². The Morgan fingerprint density at radius 1 is 1.24 bits per heavy atom. The predicted molar refractivity (Wildman–Crippen MR) is 64.9 cm³/mol. The lowest BCUT2D eigenvalue weighted by atomic mass is 10.1. The van der Waals surface area contributed by atoms with E-state index < -0.39 is 0 Å². The van der Waals surface area contributed by atoms with E-state index in [4.69, 9.17) is 10.5 Å². The number of allylic oxidation sites excluding steroid dienone is 4. The molecular weight excluding hydrogens is 217 g/mol. The van der Waals surface area contributed by atoms with Crippen molar-refractivity contribution in [3.05, 3.63) is 65.5 Å². The Balaban J connectivity index is 1.94. The Morgan fingerprint density at radius 2 is 2.00 bits per heavy atom. The van der Waals surface area contributed by atoms with Gasteiger partial charge in [-0.1, -0.05) is 12.1 Å². The average molecular weight is 230 g/mol. The van der Waals surface area contributed by atoms with Crippen LogP contribution in [0.4, 0.5) is 4.39 Å². The second-order valence-electron chi connectivity index (χ2n) is 3.68. The minimum absolute atomic E-state index is 0.341. The van der Waals surface area contributed by atoms with Crippen LogP contribution in [0.25, 0.3) is 0 Å². The van der Waals surface area contributed by atoms with E-state index in [1.165, 1.54) is 6.08 Å². The third-order valence-corrected chi connectivity index (χ3v) is 2.40. The van der Waals surface area contributed by atoms with Gasteiger partial charge >= 0.3 is 0 Å². The molecule has 0 saturated carbocycles. The summed E-state index contributed by atoms with van der Waals surface area (Å²) >= 11 is 0. The largest absolute Gasteiger partial charge is 0.486 e. The van der Waals surface area contributed by atoms with Crippen molar-refractivity contribution in [1.82, 2.24) is 0 Å². The van der Waals surface area contributed by atoms with Gasteiger partial charge in [-0.05, 0) is 17.7 Å². The van der Waals surface area contributed by atoms with E-state index >= 15 is 0 Å². The van der Waals surface area contributed by atoms with Crippen LogP contribution in [0.5, 0.6) is 5.75 Å². The van der Waals surface area contributed by atoms with Crippen LogP contribution in [0.1, 0.15) is 5.56 Å². The molecule has 0 aliphatic heterocycles. The van der Waals surface area contributed by atoms with Gasteiger partial charge in [-0.25, -0.2) is 0 Å². The summed E-state index contributed by atoms with van der Waals surface area (Å²) in [5.74, 6) is 0.375. The highest BCUT2D eigenvalue weighted by Crippen LogP contribution is 2.15. The third kappa shape index (κ3) is 3.25. The fraction of sp³-hybridized carbons (Fsp3) is 0.143. The summed E-state index contributed by atoms with van der Waals surface area (Å²) in [7, 11) is 0. The minimum Gasteiger partial charge on any atom is -0.486 e. The monoisotopic (exact) mass is 230 g/mol. The van der Waals surface area contributed by atoms with Gasteiger partial charge in [-0.15, -0.1) is 0 Å². The molecule has 17 heavy (non-hydrogen) atoms. The van der Waals surface area contributed by atoms with Crippen LogP contribution in [0.15, 0.2) is 53.9 Å². The zero-order valence-corrected chi connectivity index (χ0v) is 9.32. The zero-order chi connectivity index (χ0) is 12.1. The molecule has 1 aliphatic carbocycles. The van der Waals surface area contributed by atoms with Gasteiger partial charge < -0.3 is 10.5 Å². The lowest BCUT2D eigenvalue weighted by molar-refractivity contribution is 0.355. The lowest BCUT2D eigenvalue weighted by Crippen LogP contribution is -2.01. The molecular formula is C14H13FNO+. The Kier molecular flexibility index (Phi) is 3.66. The molecule has 0 unspecified atom stereocenters. The molecule has 2 N–H and O–H groups in total. The molecule has 1 aromatic carbocycles. The van der Waals surface area contributed by atoms with Gasteiger partial charge in [-0.3, -0.25) is 0 Å². The van der Waals surface area contributed by atoms with Crippen molar-refractivity contribution in [2.45, 2.75) is 6.54 Å². The van der Waals surface area contributed by atoms with Gasteiger partial charge in [-0.2, -0.15) is 4.39 Å². The first-order valence-electron chi connectivity index (χ1n) is 5.36. The molecule has 86 valence electrons. The first-order valence-corrected chi connectivity index (χ1v) is 5.36. The number of nitrogens with two attached hydrogens (primary N) is 1. The van der Waals surface area contributed by atoms with Gasteiger partial charge in [0, 0.05) is 6.54 Å². The maximum absolute atomic E-state index is 12.9. The van der Waals surface area contributed by atoms with Gasteiger partial charge in [0.05, 0.1) is 18.2 Å². The van der Waals surface area contributed by atoms with Crippen molar-refractivity contribution in [2.75, 3.05) is 6.61 Å². The summed E-state index contributed by atoms with van der Waals surface area (Å²) < 4.78 is 18.4. The molecule has 2 rings (SSSR count). The van der Waals surface area contributed by atoms with Gasteiger partial charge in [0.1, 0.15) is 24.0 Å². The minimum atomic E-state index is -0.371. The average Bonchev–Trinajstić information content (AvgIpc) is 2.37. The predicted octanol–water partition coefficient (Wildman–Crippen LogP) is 2.68. The zero-order valence-electron chi connectivity index (χ0n) is 9.32. The molecule has 1 aromatic rings. The van der Waals surface area contributed by atoms with Crippen LogP contribution in [0.3, 0.4) is 0 Å². The second-order valence-corrected chi connectivity index (χ2v) is 3.68. The quantitative estimate of drug-likeness (QED) is 0.807. The van der Waals surface area contributed by atoms with Crippen LogP contribution in [-0.4, -0.2) is 6.61 Å². The molecule has 0 amide bonds. The van der Waals surface area contributed by atoms with Crippen LogP contribution < -0.4 is 10.5 Å². The van der Waals surface area contributed by atoms with Crippen molar-refractivity contribution in [3.8, 4) is 5.75 Å². The summed E-state index contributed by atoms with van der Waals surface area (Å²) in [6.45, 7) is 0.855. The van der Waals surface area contributed by atoms with Crippen molar-refractivity contribution in [3.63, 3.8) is 0 Å². The first-order chi connectivity index (χ1) is 8.28. The van der Waals surface area contributed by atoms with E-state index in [1.54, 1.807) is 12.2 Å². The maximum Gasteiger partial charge on any atom is 0.285 e. The number of benzene rings is 1. The lowest BCUT2D eigenvalue weighted by Gasteiger charge is -2.05. The summed E-state index contributed by atoms with van der Waals surface area (Å²) in [6.07, 6.45) is 7.18. The molecule has 0 bridgehead atoms. The smallest absolute Gasteiger partial charge is 0.285 e. The highest BCUT2D eigenvalue weighted by molar-refractivity contribution is 5.34. The second kappa shape index (κ2) is 5.39. The topological polar surface area (TPSA) is 35.2 Å². The van der Waals surface area contributed by atoms with Crippen molar-refractivity contribution in [1.29, 1.82) is 0 Å². The van der Waals surface area contributed by atoms with E-state index in [9.17, 15) is 4.39 Å². The Hall–Kier alpha value is -1.96. The first kappa shape index (κ1) is 11.5. The Bertz CT molecular complexity index is 472. The standard InChI is InChI=1S/C14H13FNO/c15-13-3-1-2-12(8-13)10-17-14-6-4-11(9-16)5-7-14/h1-2,4-8H,9-10,16H2/q+1. The molecule has 1 aliphatic rings. The molecule has 0 atom stereocenters. The Labute approximate surface area is 99.9 Å². The van der Waals surface area contributed by atoms with Crippen LogP contribution in [0.2, 0.25) is 0 Å². The van der Waals surface area contributed by atoms with Gasteiger partial charge in [0.2, 0.25) is 0 Å². The van der Waals surface area contributed by atoms with E-state index in [-0.39, 0.29) is 5.83 Å². The summed E-state index contributed by atoms with van der Waals surface area (Å²) in [6, 6.07) is 7.53. The molecule has 3 heteroatoms. The summed E-state index contributed by atoms with van der Waals surface area (Å²) in [5.41, 5.74) is 7.33. The fourth-order valence-corrected chi connectivity index (χ4v) is 1.46. The molecule has 0 aromatic heterocycles. The molecule has 0 radical (unpaired) electrons. The third-order valence-electron chi connectivity index (χ3n) is 2.40. The number of hydrogen-bond donors (Lipinski definition) is 1. The fourth-order valence-electron chi connectivity index (χ4n) is 1.46. The van der Waals surface area contributed by atoms with Crippen molar-refractivity contribution < 1.29 is 9.13 Å². The highest BCUT2D eigenvalue weighted by Gasteiger charge is 2.10. The molecule has 0 fully saturated rings. The highest BCUT2D eigenvalue weighted by atomic mass is 19.1. The maximum atomic E-state index is 12.9. The van der Waals surface area contributed by atoms with E-state index in [2.05, 4.69) is 6.08 Å². The normalized spacial score (nSPS) is 13.8. The summed E-state index contributed by atoms with van der Waals surface area (Å²) in [4.78, 5) is 0. The van der Waals surface area contributed by atoms with Crippen LogP contribution in [0, 0.1) is 6.08 Å². The SMILES string of the molecule is NCc1ccc(OCC2=CC(F)=[C+]C=C2)cc1. The number of hydrogen-bond acceptors (Lipinski definition) is 2. The number of halogens is 1. The molecule has 0 saturated heterocycles. The summed E-state index contributed by atoms with van der Waals surface area (Å²) in [5, 5.41) is 0. The molecule has 0 spiro atoms. The Morgan fingerprint density at radius 3 is 2.65 bits per heavy atom.